The van der Waals surface area contributed by atoms with E-state index in [1.165, 1.54) is 0 Å². The van der Waals surface area contributed by atoms with Crippen LogP contribution in [-0.4, -0.2) is 26.9 Å². The minimum atomic E-state index is -0.854. The summed E-state index contributed by atoms with van der Waals surface area (Å²) < 4.78 is 1.67. The Morgan fingerprint density at radius 1 is 1.59 bits per heavy atom. The first kappa shape index (κ1) is 13.7. The topological polar surface area (TPSA) is 67.2 Å². The summed E-state index contributed by atoms with van der Waals surface area (Å²) in [6.07, 6.45) is 3.42. The van der Waals surface area contributed by atoms with Crippen molar-refractivity contribution >= 4 is 5.97 Å². The molecule has 5 heteroatoms. The van der Waals surface area contributed by atoms with Crippen LogP contribution in [0.3, 0.4) is 0 Å². The highest BCUT2D eigenvalue weighted by Gasteiger charge is 2.25. The molecule has 5 nitrogen and oxygen atoms in total. The molecule has 0 aliphatic heterocycles. The van der Waals surface area contributed by atoms with Gasteiger partial charge in [-0.05, 0) is 19.8 Å². The Morgan fingerprint density at radius 2 is 2.24 bits per heavy atom. The number of carboxylic acids is 1. The van der Waals surface area contributed by atoms with E-state index < -0.39 is 12.0 Å². The summed E-state index contributed by atoms with van der Waals surface area (Å²) >= 11 is 0. The number of rotatable bonds is 6. The average molecular weight is 239 g/mol. The van der Waals surface area contributed by atoms with Gasteiger partial charge in [0.25, 0.3) is 0 Å². The zero-order chi connectivity index (χ0) is 13.0. The van der Waals surface area contributed by atoms with Gasteiger partial charge in [0.1, 0.15) is 6.04 Å². The van der Waals surface area contributed by atoms with Crippen molar-refractivity contribution in [2.24, 2.45) is 7.05 Å². The summed E-state index contributed by atoms with van der Waals surface area (Å²) in [4.78, 5) is 11.3. The highest BCUT2D eigenvalue weighted by molar-refractivity contribution is 5.75. The van der Waals surface area contributed by atoms with E-state index in [1.54, 1.807) is 10.9 Å². The van der Waals surface area contributed by atoms with Crippen LogP contribution in [0, 0.1) is 0 Å². The van der Waals surface area contributed by atoms with Crippen LogP contribution in [0.1, 0.15) is 44.5 Å². The molecule has 2 N–H and O–H groups in total. The van der Waals surface area contributed by atoms with E-state index in [4.69, 9.17) is 0 Å². The summed E-state index contributed by atoms with van der Waals surface area (Å²) in [5.41, 5.74) is 1.61. The number of aryl methyl sites for hydroxylation is 2. The molecule has 0 bridgehead atoms. The smallest absolute Gasteiger partial charge is 0.325 e. The number of nitrogens with zero attached hydrogens (tertiary/aromatic N) is 2. The quantitative estimate of drug-likeness (QED) is 0.789. The molecular formula is C12H21N3O2. The molecule has 1 rings (SSSR count). The second-order valence-corrected chi connectivity index (χ2v) is 4.31. The van der Waals surface area contributed by atoms with E-state index in [0.29, 0.717) is 0 Å². The van der Waals surface area contributed by atoms with Crippen LogP contribution in [0.25, 0.3) is 0 Å². The molecule has 2 unspecified atom stereocenters. The third-order valence-corrected chi connectivity index (χ3v) is 2.89. The highest BCUT2D eigenvalue weighted by atomic mass is 16.4. The maximum absolute atomic E-state index is 11.3. The number of carboxylic acid groups (broad SMARTS) is 1. The van der Waals surface area contributed by atoms with Crippen LogP contribution in [0.5, 0.6) is 0 Å². The molecule has 0 amide bonds. The molecule has 0 saturated heterocycles. The lowest BCUT2D eigenvalue weighted by Gasteiger charge is -2.18. The fourth-order valence-electron chi connectivity index (χ4n) is 1.77. The lowest BCUT2D eigenvalue weighted by atomic mass is 10.1. The molecule has 0 aliphatic rings. The van der Waals surface area contributed by atoms with Crippen LogP contribution >= 0.6 is 0 Å². The number of carbonyl (C=O) groups is 1. The van der Waals surface area contributed by atoms with Crippen molar-refractivity contribution in [3.63, 3.8) is 0 Å². The van der Waals surface area contributed by atoms with Gasteiger partial charge in [0.2, 0.25) is 0 Å². The van der Waals surface area contributed by atoms with Gasteiger partial charge in [-0.1, -0.05) is 13.8 Å². The molecule has 1 heterocycles. The number of hydrogen-bond donors (Lipinski definition) is 2. The maximum Gasteiger partial charge on any atom is 0.325 e. The van der Waals surface area contributed by atoms with Crippen molar-refractivity contribution in [2.75, 3.05) is 0 Å². The maximum atomic E-state index is 11.3. The summed E-state index contributed by atoms with van der Waals surface area (Å²) in [5.74, 6) is -0.854. The summed E-state index contributed by atoms with van der Waals surface area (Å²) in [7, 11) is 1.81. The molecule has 0 spiro atoms. The second kappa shape index (κ2) is 5.82. The van der Waals surface area contributed by atoms with Crippen LogP contribution in [0.4, 0.5) is 0 Å². The van der Waals surface area contributed by atoms with Crippen LogP contribution in [0.2, 0.25) is 0 Å². The number of aliphatic carboxylic acids is 1. The summed E-state index contributed by atoms with van der Waals surface area (Å²) in [5, 5.41) is 16.7. The van der Waals surface area contributed by atoms with Crippen molar-refractivity contribution in [1.29, 1.82) is 0 Å². The summed E-state index contributed by atoms with van der Waals surface area (Å²) in [6, 6.07) is -0.505. The van der Waals surface area contributed by atoms with E-state index in [-0.39, 0.29) is 6.04 Å². The van der Waals surface area contributed by atoms with Gasteiger partial charge < -0.3 is 5.11 Å². The van der Waals surface area contributed by atoms with Crippen molar-refractivity contribution in [2.45, 2.75) is 45.7 Å². The SMILES string of the molecule is CCc1nn(C)cc1C(NC(C)CC)C(=O)O. The normalized spacial score (nSPS) is 14.6. The molecule has 17 heavy (non-hydrogen) atoms. The van der Waals surface area contributed by atoms with E-state index >= 15 is 0 Å². The van der Waals surface area contributed by atoms with Crippen LogP contribution < -0.4 is 5.32 Å². The van der Waals surface area contributed by atoms with Gasteiger partial charge in [-0.15, -0.1) is 0 Å². The standard InChI is InChI=1S/C12H21N3O2/c1-5-8(3)13-11(12(16)17)9-7-15(4)14-10(9)6-2/h7-8,11,13H,5-6H2,1-4H3,(H,16,17). The lowest BCUT2D eigenvalue weighted by Crippen LogP contribution is -2.35. The van der Waals surface area contributed by atoms with Gasteiger partial charge in [0.05, 0.1) is 5.69 Å². The number of hydrogen-bond acceptors (Lipinski definition) is 3. The Morgan fingerprint density at radius 3 is 2.71 bits per heavy atom. The molecule has 1 aromatic heterocycles. The van der Waals surface area contributed by atoms with E-state index in [2.05, 4.69) is 10.4 Å². The zero-order valence-corrected chi connectivity index (χ0v) is 10.9. The third kappa shape index (κ3) is 3.30. The lowest BCUT2D eigenvalue weighted by molar-refractivity contribution is -0.139. The van der Waals surface area contributed by atoms with E-state index in [1.807, 2.05) is 27.8 Å². The average Bonchev–Trinajstić information content (AvgIpc) is 2.66. The van der Waals surface area contributed by atoms with Crippen LogP contribution in [-0.2, 0) is 18.3 Å². The molecule has 96 valence electrons. The number of aromatic nitrogens is 2. The van der Waals surface area contributed by atoms with E-state index in [0.717, 1.165) is 24.1 Å². The van der Waals surface area contributed by atoms with Crippen molar-refractivity contribution < 1.29 is 9.90 Å². The minimum Gasteiger partial charge on any atom is -0.480 e. The predicted molar refractivity (Wildman–Crippen MR) is 65.9 cm³/mol. The Balaban J connectivity index is 3.00. The molecule has 1 aromatic rings. The van der Waals surface area contributed by atoms with Gasteiger partial charge in [-0.3, -0.25) is 14.8 Å². The molecule has 0 fully saturated rings. The fourth-order valence-corrected chi connectivity index (χ4v) is 1.77. The molecule has 0 aliphatic carbocycles. The molecule has 0 aromatic carbocycles. The largest absolute Gasteiger partial charge is 0.480 e. The fraction of sp³-hybridized carbons (Fsp3) is 0.667. The zero-order valence-electron chi connectivity index (χ0n) is 10.9. The highest BCUT2D eigenvalue weighted by Crippen LogP contribution is 2.19. The van der Waals surface area contributed by atoms with Crippen molar-refractivity contribution in [1.82, 2.24) is 15.1 Å². The van der Waals surface area contributed by atoms with Gasteiger partial charge >= 0.3 is 5.97 Å². The Bertz CT molecular complexity index is 387. The molecular weight excluding hydrogens is 218 g/mol. The van der Waals surface area contributed by atoms with Crippen LogP contribution in [0.15, 0.2) is 6.20 Å². The summed E-state index contributed by atoms with van der Waals surface area (Å²) in [6.45, 7) is 5.99. The van der Waals surface area contributed by atoms with Gasteiger partial charge in [-0.25, -0.2) is 0 Å². The first-order valence-electron chi connectivity index (χ1n) is 6.00. The number of nitrogens with one attached hydrogen (secondary N) is 1. The Kier molecular flexibility index (Phi) is 4.69. The van der Waals surface area contributed by atoms with E-state index in [9.17, 15) is 9.90 Å². The van der Waals surface area contributed by atoms with Gasteiger partial charge in [0, 0.05) is 24.8 Å². The molecule has 0 saturated carbocycles. The van der Waals surface area contributed by atoms with Crippen molar-refractivity contribution in [3.05, 3.63) is 17.5 Å². The predicted octanol–water partition coefficient (Wildman–Crippen LogP) is 1.50. The van der Waals surface area contributed by atoms with Crippen molar-refractivity contribution in [3.8, 4) is 0 Å². The monoisotopic (exact) mass is 239 g/mol. The Hall–Kier alpha value is -1.36. The Labute approximate surface area is 102 Å². The second-order valence-electron chi connectivity index (χ2n) is 4.31. The molecule has 0 radical (unpaired) electrons. The first-order valence-corrected chi connectivity index (χ1v) is 6.00. The van der Waals surface area contributed by atoms with Gasteiger partial charge in [-0.2, -0.15) is 5.10 Å². The molecule has 2 atom stereocenters. The third-order valence-electron chi connectivity index (χ3n) is 2.89. The first-order chi connectivity index (χ1) is 7.99. The minimum absolute atomic E-state index is 0.168. The van der Waals surface area contributed by atoms with Gasteiger partial charge in [0.15, 0.2) is 0 Å².